The summed E-state index contributed by atoms with van der Waals surface area (Å²) in [6, 6.07) is 0.356. The average molecular weight is 266 g/mol. The summed E-state index contributed by atoms with van der Waals surface area (Å²) in [6.45, 7) is 8.43. The zero-order valence-electron chi connectivity index (χ0n) is 11.8. The van der Waals surface area contributed by atoms with Gasteiger partial charge in [0.05, 0.1) is 12.5 Å². The van der Waals surface area contributed by atoms with Crippen molar-refractivity contribution in [2.75, 3.05) is 32.8 Å². The van der Waals surface area contributed by atoms with Crippen LogP contribution in [-0.2, 0) is 9.53 Å². The monoisotopic (exact) mass is 266 g/mol. The van der Waals surface area contributed by atoms with Crippen LogP contribution in [0.3, 0.4) is 0 Å². The van der Waals surface area contributed by atoms with E-state index in [9.17, 15) is 4.79 Å². The van der Waals surface area contributed by atoms with Gasteiger partial charge in [0.2, 0.25) is 5.91 Å². The van der Waals surface area contributed by atoms with Gasteiger partial charge in [-0.1, -0.05) is 6.08 Å². The minimum absolute atomic E-state index is 0.0764. The van der Waals surface area contributed by atoms with Crippen LogP contribution in [0.25, 0.3) is 0 Å². The normalized spacial score (nSPS) is 26.0. The third-order valence-corrected chi connectivity index (χ3v) is 4.11. The molecule has 0 spiro atoms. The van der Waals surface area contributed by atoms with Gasteiger partial charge in [0.1, 0.15) is 0 Å². The molecule has 0 radical (unpaired) electrons. The molecule has 1 amide bonds. The summed E-state index contributed by atoms with van der Waals surface area (Å²) >= 11 is 0. The van der Waals surface area contributed by atoms with Crippen molar-refractivity contribution in [2.24, 2.45) is 5.92 Å². The molecule has 4 heteroatoms. The molecular formula is C15H26N2O2. The number of likely N-dealkylation sites (tertiary alicyclic amines) is 1. The average Bonchev–Trinajstić information content (AvgIpc) is 2.47. The standard InChI is InChI=1S/C15H26N2O2/c1-2-3-8-17-9-6-14(7-10-17)16-15(18)13-5-4-11-19-12-13/h2,13-14H,1,3-12H2,(H,16,18). The summed E-state index contributed by atoms with van der Waals surface area (Å²) in [5.41, 5.74) is 0. The number of hydrogen-bond donors (Lipinski definition) is 1. The highest BCUT2D eigenvalue weighted by Crippen LogP contribution is 2.16. The fourth-order valence-electron chi connectivity index (χ4n) is 2.84. The first kappa shape index (κ1) is 14.5. The van der Waals surface area contributed by atoms with E-state index in [-0.39, 0.29) is 11.8 Å². The smallest absolute Gasteiger partial charge is 0.225 e. The molecule has 0 aromatic heterocycles. The molecule has 1 atom stereocenters. The Morgan fingerprint density at radius 1 is 1.37 bits per heavy atom. The van der Waals surface area contributed by atoms with Gasteiger partial charge in [0.15, 0.2) is 0 Å². The lowest BCUT2D eigenvalue weighted by Crippen LogP contribution is -2.47. The summed E-state index contributed by atoms with van der Waals surface area (Å²) in [7, 11) is 0. The minimum atomic E-state index is 0.0764. The molecule has 19 heavy (non-hydrogen) atoms. The molecule has 0 aliphatic carbocycles. The molecule has 0 aromatic rings. The number of piperidine rings is 1. The number of amides is 1. The summed E-state index contributed by atoms with van der Waals surface area (Å²) in [6.07, 6.45) is 7.14. The van der Waals surface area contributed by atoms with E-state index in [1.165, 1.54) is 0 Å². The number of nitrogens with one attached hydrogen (secondary N) is 1. The molecule has 2 fully saturated rings. The molecule has 108 valence electrons. The number of hydrogen-bond acceptors (Lipinski definition) is 3. The number of carbonyl (C=O) groups is 1. The Kier molecular flexibility index (Phi) is 5.86. The second kappa shape index (κ2) is 7.65. The first-order valence-electron chi connectivity index (χ1n) is 7.51. The lowest BCUT2D eigenvalue weighted by molar-refractivity contribution is -0.130. The zero-order valence-corrected chi connectivity index (χ0v) is 11.8. The Balaban J connectivity index is 1.67. The number of ether oxygens (including phenoxy) is 1. The van der Waals surface area contributed by atoms with E-state index >= 15 is 0 Å². The molecule has 1 N–H and O–H groups in total. The fourth-order valence-corrected chi connectivity index (χ4v) is 2.84. The van der Waals surface area contributed by atoms with Crippen LogP contribution in [0.15, 0.2) is 12.7 Å². The van der Waals surface area contributed by atoms with Gasteiger partial charge in [-0.25, -0.2) is 0 Å². The molecule has 2 aliphatic rings. The van der Waals surface area contributed by atoms with Crippen molar-refractivity contribution in [3.63, 3.8) is 0 Å². The van der Waals surface area contributed by atoms with Crippen molar-refractivity contribution < 1.29 is 9.53 Å². The van der Waals surface area contributed by atoms with Crippen LogP contribution in [0.5, 0.6) is 0 Å². The highest BCUT2D eigenvalue weighted by atomic mass is 16.5. The van der Waals surface area contributed by atoms with Gasteiger partial charge in [-0.2, -0.15) is 0 Å². The number of nitrogens with zero attached hydrogens (tertiary/aromatic N) is 1. The Labute approximate surface area is 116 Å². The van der Waals surface area contributed by atoms with E-state index < -0.39 is 0 Å². The van der Waals surface area contributed by atoms with Gasteiger partial charge >= 0.3 is 0 Å². The van der Waals surface area contributed by atoms with Gasteiger partial charge in [-0.3, -0.25) is 4.79 Å². The zero-order chi connectivity index (χ0) is 13.5. The maximum Gasteiger partial charge on any atom is 0.225 e. The molecule has 0 saturated carbocycles. The van der Waals surface area contributed by atoms with E-state index in [4.69, 9.17) is 4.74 Å². The Morgan fingerprint density at radius 3 is 2.79 bits per heavy atom. The lowest BCUT2D eigenvalue weighted by Gasteiger charge is -2.33. The number of rotatable bonds is 5. The van der Waals surface area contributed by atoms with Crippen LogP contribution >= 0.6 is 0 Å². The highest BCUT2D eigenvalue weighted by molar-refractivity contribution is 5.79. The van der Waals surface area contributed by atoms with Crippen LogP contribution in [0.4, 0.5) is 0 Å². The van der Waals surface area contributed by atoms with Crippen molar-refractivity contribution in [1.29, 1.82) is 0 Å². The number of carbonyl (C=O) groups excluding carboxylic acids is 1. The van der Waals surface area contributed by atoms with E-state index in [2.05, 4.69) is 16.8 Å². The third-order valence-electron chi connectivity index (χ3n) is 4.11. The maximum absolute atomic E-state index is 12.1. The quantitative estimate of drug-likeness (QED) is 0.768. The fraction of sp³-hybridized carbons (Fsp3) is 0.800. The third kappa shape index (κ3) is 4.62. The summed E-state index contributed by atoms with van der Waals surface area (Å²) < 4.78 is 5.38. The van der Waals surface area contributed by atoms with Crippen molar-refractivity contribution in [3.05, 3.63) is 12.7 Å². The van der Waals surface area contributed by atoms with Crippen molar-refractivity contribution in [3.8, 4) is 0 Å². The maximum atomic E-state index is 12.1. The molecule has 0 bridgehead atoms. The molecule has 0 aromatic carbocycles. The van der Waals surface area contributed by atoms with Crippen LogP contribution in [0.2, 0.25) is 0 Å². The van der Waals surface area contributed by atoms with Crippen LogP contribution in [0.1, 0.15) is 32.1 Å². The van der Waals surface area contributed by atoms with Crippen LogP contribution < -0.4 is 5.32 Å². The predicted octanol–water partition coefficient (Wildman–Crippen LogP) is 1.57. The molecule has 2 aliphatic heterocycles. The summed E-state index contributed by atoms with van der Waals surface area (Å²) in [5, 5.41) is 3.20. The van der Waals surface area contributed by atoms with E-state index in [0.29, 0.717) is 12.6 Å². The molecular weight excluding hydrogens is 240 g/mol. The van der Waals surface area contributed by atoms with Gasteiger partial charge in [0.25, 0.3) is 0 Å². The topological polar surface area (TPSA) is 41.6 Å². The Hall–Kier alpha value is -0.870. The largest absolute Gasteiger partial charge is 0.381 e. The minimum Gasteiger partial charge on any atom is -0.381 e. The Bertz CT molecular complexity index is 293. The second-order valence-corrected chi connectivity index (χ2v) is 5.62. The van der Waals surface area contributed by atoms with Crippen molar-refractivity contribution in [2.45, 2.75) is 38.1 Å². The predicted molar refractivity (Wildman–Crippen MR) is 76.0 cm³/mol. The van der Waals surface area contributed by atoms with Gasteiger partial charge < -0.3 is 15.0 Å². The first-order valence-corrected chi connectivity index (χ1v) is 7.51. The summed E-state index contributed by atoms with van der Waals surface area (Å²) in [5.74, 6) is 0.275. The Morgan fingerprint density at radius 2 is 2.16 bits per heavy atom. The van der Waals surface area contributed by atoms with Crippen LogP contribution in [0, 0.1) is 5.92 Å². The van der Waals surface area contributed by atoms with Gasteiger partial charge in [-0.05, 0) is 32.1 Å². The van der Waals surface area contributed by atoms with Crippen molar-refractivity contribution in [1.82, 2.24) is 10.2 Å². The van der Waals surface area contributed by atoms with E-state index in [1.54, 1.807) is 0 Å². The van der Waals surface area contributed by atoms with Gasteiger partial charge in [0, 0.05) is 32.3 Å². The molecule has 2 heterocycles. The molecule has 4 nitrogen and oxygen atoms in total. The summed E-state index contributed by atoms with van der Waals surface area (Å²) in [4.78, 5) is 14.6. The van der Waals surface area contributed by atoms with Crippen LogP contribution in [-0.4, -0.2) is 49.7 Å². The van der Waals surface area contributed by atoms with E-state index in [0.717, 1.165) is 58.3 Å². The second-order valence-electron chi connectivity index (χ2n) is 5.62. The molecule has 2 rings (SSSR count). The first-order chi connectivity index (χ1) is 9.29. The SMILES string of the molecule is C=CCCN1CCC(NC(=O)C2CCCOC2)CC1. The van der Waals surface area contributed by atoms with Crippen molar-refractivity contribution >= 4 is 5.91 Å². The van der Waals surface area contributed by atoms with Gasteiger partial charge in [-0.15, -0.1) is 6.58 Å². The molecule has 2 saturated heterocycles. The molecule has 1 unspecified atom stereocenters. The van der Waals surface area contributed by atoms with E-state index in [1.807, 2.05) is 6.08 Å². The highest BCUT2D eigenvalue weighted by Gasteiger charge is 2.25. The lowest BCUT2D eigenvalue weighted by atomic mass is 9.99.